The van der Waals surface area contributed by atoms with Crippen molar-refractivity contribution in [3.05, 3.63) is 50.0 Å². The van der Waals surface area contributed by atoms with Crippen molar-refractivity contribution >= 4 is 79.3 Å². The highest BCUT2D eigenvalue weighted by Gasteiger charge is 2.14. The molecule has 0 amide bonds. The molecule has 25 heavy (non-hydrogen) atoms. The van der Waals surface area contributed by atoms with Crippen molar-refractivity contribution in [1.29, 1.82) is 0 Å². The van der Waals surface area contributed by atoms with Crippen LogP contribution < -0.4 is 5.32 Å². The number of thiophene rings is 1. The molecule has 2 aromatic heterocycles. The number of rotatable bonds is 4. The van der Waals surface area contributed by atoms with E-state index in [0.717, 1.165) is 37.5 Å². The molecule has 132 valence electrons. The molecule has 3 aromatic rings. The number of benzene rings is 1. The van der Waals surface area contributed by atoms with Gasteiger partial charge in [0.1, 0.15) is 0 Å². The van der Waals surface area contributed by atoms with Crippen LogP contribution in [0.3, 0.4) is 0 Å². The number of nitrogens with zero attached hydrogens (tertiary/aromatic N) is 1. The summed E-state index contributed by atoms with van der Waals surface area (Å²) in [5, 5.41) is 7.46. The van der Waals surface area contributed by atoms with Gasteiger partial charge in [0, 0.05) is 26.5 Å². The van der Waals surface area contributed by atoms with Crippen LogP contribution in [0.15, 0.2) is 29.6 Å². The van der Waals surface area contributed by atoms with Crippen LogP contribution in [0.4, 0.5) is 10.8 Å². The monoisotopic (exact) mass is 474 g/mol. The van der Waals surface area contributed by atoms with Crippen LogP contribution in [0.1, 0.15) is 15.3 Å². The number of ether oxygens (including phenoxy) is 1. The Bertz CT molecular complexity index is 907. The minimum absolute atomic E-state index is 0. The Morgan fingerprint density at radius 3 is 2.80 bits per heavy atom. The zero-order chi connectivity index (χ0) is 17.3. The van der Waals surface area contributed by atoms with Crippen LogP contribution in [0.2, 0.25) is 5.02 Å². The number of hydrogen-bond donors (Lipinski definition) is 1. The minimum atomic E-state index is 0. The molecule has 8 heteroatoms. The van der Waals surface area contributed by atoms with E-state index in [9.17, 15) is 0 Å². The van der Waals surface area contributed by atoms with Gasteiger partial charge in [0.05, 0.1) is 17.7 Å². The second-order valence-corrected chi connectivity index (χ2v) is 8.04. The van der Waals surface area contributed by atoms with Gasteiger partial charge in [-0.3, -0.25) is 0 Å². The molecule has 0 saturated heterocycles. The van der Waals surface area contributed by atoms with Gasteiger partial charge in [-0.1, -0.05) is 17.7 Å². The van der Waals surface area contributed by atoms with Crippen LogP contribution in [0.25, 0.3) is 11.3 Å². The second-order valence-electron chi connectivity index (χ2n) is 5.15. The summed E-state index contributed by atoms with van der Waals surface area (Å²) in [6, 6.07) is 7.83. The molecule has 0 saturated carbocycles. The highest BCUT2D eigenvalue weighted by Crippen LogP contribution is 2.35. The average Bonchev–Trinajstić information content (AvgIpc) is 3.17. The fraction of sp³-hybridized carbons (Fsp3) is 0.176. The van der Waals surface area contributed by atoms with Crippen molar-refractivity contribution in [2.45, 2.75) is 13.8 Å². The Morgan fingerprint density at radius 2 is 2.08 bits per heavy atom. The summed E-state index contributed by atoms with van der Waals surface area (Å²) in [5.41, 5.74) is 3.99. The molecule has 0 bridgehead atoms. The lowest BCUT2D eigenvalue weighted by molar-refractivity contribution is 0.417. The summed E-state index contributed by atoms with van der Waals surface area (Å²) < 4.78 is 5.15. The molecule has 0 fully saturated rings. The molecule has 0 atom stereocenters. The van der Waals surface area contributed by atoms with Crippen molar-refractivity contribution in [1.82, 2.24) is 4.98 Å². The van der Waals surface area contributed by atoms with Gasteiger partial charge >= 0.3 is 0 Å². The van der Waals surface area contributed by atoms with Crippen LogP contribution in [-0.2, 0) is 4.74 Å². The number of thiocarbonyl (C=S) groups is 1. The number of nitrogens with one attached hydrogen (secondary N) is 1. The van der Waals surface area contributed by atoms with Gasteiger partial charge in [-0.15, -0.1) is 39.7 Å². The molecule has 0 aliphatic heterocycles. The third kappa shape index (κ3) is 4.41. The van der Waals surface area contributed by atoms with Crippen LogP contribution >= 0.6 is 63.5 Å². The lowest BCUT2D eigenvalue weighted by atomic mass is 10.2. The summed E-state index contributed by atoms with van der Waals surface area (Å²) >= 11 is 14.6. The van der Waals surface area contributed by atoms with Crippen LogP contribution in [-0.4, -0.2) is 17.1 Å². The minimum Gasteiger partial charge on any atom is -0.486 e. The van der Waals surface area contributed by atoms with E-state index in [0.29, 0.717) is 5.05 Å². The smallest absolute Gasteiger partial charge is 0.201 e. The van der Waals surface area contributed by atoms with Crippen molar-refractivity contribution in [2.75, 3.05) is 12.4 Å². The molecular weight excluding hydrogens is 460 g/mol. The van der Waals surface area contributed by atoms with Gasteiger partial charge in [-0.25, -0.2) is 4.98 Å². The number of hydrogen-bond acceptors (Lipinski definition) is 6. The first-order chi connectivity index (χ1) is 11.5. The van der Waals surface area contributed by atoms with E-state index in [1.165, 1.54) is 4.88 Å². The number of halogens is 2. The molecule has 3 rings (SSSR count). The lowest BCUT2D eigenvalue weighted by Crippen LogP contribution is -1.95. The van der Waals surface area contributed by atoms with Crippen molar-refractivity contribution < 1.29 is 4.74 Å². The molecular formula is C17H16BrClN2OS3. The number of aromatic nitrogens is 1. The summed E-state index contributed by atoms with van der Waals surface area (Å²) in [6.07, 6.45) is 0. The van der Waals surface area contributed by atoms with Crippen LogP contribution in [0.5, 0.6) is 0 Å². The average molecular weight is 476 g/mol. The largest absolute Gasteiger partial charge is 0.486 e. The van der Waals surface area contributed by atoms with Crippen molar-refractivity contribution in [3.8, 4) is 11.3 Å². The Morgan fingerprint density at radius 1 is 1.32 bits per heavy atom. The molecule has 0 radical (unpaired) electrons. The molecule has 2 heterocycles. The number of anilines is 2. The van der Waals surface area contributed by atoms with Gasteiger partial charge in [-0.05, 0) is 49.8 Å². The highest BCUT2D eigenvalue weighted by molar-refractivity contribution is 8.93. The molecule has 0 aliphatic carbocycles. The third-order valence-corrected chi connectivity index (χ3v) is 6.33. The SMILES string of the molecule is Br.COC(=S)c1cc(-c2csc(Nc3cccc(Cl)c3C)n2)c(C)s1. The number of methoxy groups -OCH3 is 1. The van der Waals surface area contributed by atoms with Gasteiger partial charge in [0.25, 0.3) is 0 Å². The maximum Gasteiger partial charge on any atom is 0.201 e. The Balaban J connectivity index is 0.00000225. The first-order valence-corrected chi connectivity index (χ1v) is 9.64. The van der Waals surface area contributed by atoms with E-state index >= 15 is 0 Å². The van der Waals surface area contributed by atoms with Crippen molar-refractivity contribution in [2.24, 2.45) is 0 Å². The molecule has 0 spiro atoms. The van der Waals surface area contributed by atoms with Gasteiger partial charge in [0.2, 0.25) is 5.05 Å². The summed E-state index contributed by atoms with van der Waals surface area (Å²) in [5.74, 6) is 0. The van der Waals surface area contributed by atoms with Gasteiger partial charge < -0.3 is 10.1 Å². The number of aryl methyl sites for hydroxylation is 1. The van der Waals surface area contributed by atoms with E-state index in [2.05, 4.69) is 12.2 Å². The molecule has 0 unspecified atom stereocenters. The van der Waals surface area contributed by atoms with E-state index in [-0.39, 0.29) is 17.0 Å². The summed E-state index contributed by atoms with van der Waals surface area (Å²) in [6.45, 7) is 4.05. The van der Waals surface area contributed by atoms with Crippen LogP contribution in [0, 0.1) is 13.8 Å². The second kappa shape index (κ2) is 8.60. The first kappa shape index (κ1) is 20.3. The van der Waals surface area contributed by atoms with Gasteiger partial charge in [0.15, 0.2) is 5.13 Å². The topological polar surface area (TPSA) is 34.1 Å². The van der Waals surface area contributed by atoms with Crippen molar-refractivity contribution in [3.63, 3.8) is 0 Å². The van der Waals surface area contributed by atoms with E-state index in [1.54, 1.807) is 29.8 Å². The Hall–Kier alpha value is -0.990. The fourth-order valence-electron chi connectivity index (χ4n) is 2.25. The predicted molar refractivity (Wildman–Crippen MR) is 119 cm³/mol. The maximum atomic E-state index is 6.17. The summed E-state index contributed by atoms with van der Waals surface area (Å²) in [4.78, 5) is 6.81. The van der Waals surface area contributed by atoms with E-state index in [4.69, 9.17) is 33.5 Å². The van der Waals surface area contributed by atoms with E-state index in [1.807, 2.05) is 36.6 Å². The molecule has 0 aliphatic rings. The zero-order valence-electron chi connectivity index (χ0n) is 13.8. The Labute approximate surface area is 175 Å². The maximum absolute atomic E-state index is 6.17. The third-order valence-electron chi connectivity index (χ3n) is 3.59. The Kier molecular flexibility index (Phi) is 6.99. The van der Waals surface area contributed by atoms with E-state index < -0.39 is 0 Å². The zero-order valence-corrected chi connectivity index (χ0v) is 18.7. The highest BCUT2D eigenvalue weighted by atomic mass is 79.9. The predicted octanol–water partition coefficient (Wildman–Crippen LogP) is 6.79. The molecule has 3 nitrogen and oxygen atoms in total. The molecule has 1 N–H and O–H groups in total. The number of thiazole rings is 1. The lowest BCUT2D eigenvalue weighted by Gasteiger charge is -2.07. The quantitative estimate of drug-likeness (QED) is 0.421. The standard InChI is InChI=1S/C17H15ClN2OS3.BrH/c1-9-12(18)5-4-6-13(9)19-17-20-14(8-23-17)11-7-15(16(22)21-3)24-10(11)2;/h4-8H,1-3H3,(H,19,20);1H. The summed E-state index contributed by atoms with van der Waals surface area (Å²) in [7, 11) is 1.59. The fourth-order valence-corrected chi connectivity index (χ4v) is 4.28. The van der Waals surface area contributed by atoms with Gasteiger partial charge in [-0.2, -0.15) is 0 Å². The molecule has 1 aromatic carbocycles. The normalized spacial score (nSPS) is 10.2. The first-order valence-electron chi connectivity index (χ1n) is 7.16.